The van der Waals surface area contributed by atoms with Crippen LogP contribution in [0.3, 0.4) is 0 Å². The number of rotatable bonds is 19. The van der Waals surface area contributed by atoms with Crippen molar-refractivity contribution < 1.29 is 28.5 Å². The molecule has 0 bridgehead atoms. The van der Waals surface area contributed by atoms with Gasteiger partial charge in [0.15, 0.2) is 11.5 Å². The van der Waals surface area contributed by atoms with E-state index in [1.165, 1.54) is 5.56 Å². The fourth-order valence-electron chi connectivity index (χ4n) is 4.44. The van der Waals surface area contributed by atoms with Crippen LogP contribution in [-0.4, -0.2) is 80.8 Å². The summed E-state index contributed by atoms with van der Waals surface area (Å²) in [6, 6.07) is 22.8. The molecule has 2 heterocycles. The van der Waals surface area contributed by atoms with Gasteiger partial charge in [0, 0.05) is 31.7 Å². The van der Waals surface area contributed by atoms with Crippen molar-refractivity contribution in [3.63, 3.8) is 0 Å². The normalized spacial score (nSPS) is 11.6. The maximum Gasteiger partial charge on any atom is 0.251 e. The first-order chi connectivity index (χ1) is 22.7. The summed E-state index contributed by atoms with van der Waals surface area (Å²) in [7, 11) is 1.65. The van der Waals surface area contributed by atoms with Gasteiger partial charge in [0.1, 0.15) is 5.75 Å². The molecule has 1 aromatic heterocycles. The molecule has 13 nitrogen and oxygen atoms in total. The van der Waals surface area contributed by atoms with Crippen LogP contribution < -0.4 is 35.5 Å². The third-order valence-electron chi connectivity index (χ3n) is 6.85. The molecule has 0 saturated heterocycles. The molecule has 0 saturated carbocycles. The van der Waals surface area contributed by atoms with E-state index in [9.17, 15) is 4.79 Å². The van der Waals surface area contributed by atoms with E-state index in [0.717, 1.165) is 29.2 Å². The van der Waals surface area contributed by atoms with E-state index in [1.54, 1.807) is 19.2 Å². The summed E-state index contributed by atoms with van der Waals surface area (Å²) in [4.78, 5) is 25.7. The zero-order chi connectivity index (χ0) is 31.8. The molecule has 4 N–H and O–H groups in total. The highest BCUT2D eigenvalue weighted by molar-refractivity contribution is 5.94. The van der Waals surface area contributed by atoms with Crippen LogP contribution in [0, 0.1) is 0 Å². The van der Waals surface area contributed by atoms with Gasteiger partial charge in [-0.05, 0) is 53.9 Å². The molecule has 0 spiro atoms. The fourth-order valence-corrected chi connectivity index (χ4v) is 4.44. The topological polar surface area (TPSA) is 150 Å². The number of methoxy groups -OCH3 is 1. The van der Waals surface area contributed by atoms with Gasteiger partial charge >= 0.3 is 0 Å². The quantitative estimate of drug-likeness (QED) is 0.112. The van der Waals surface area contributed by atoms with E-state index in [4.69, 9.17) is 23.7 Å². The molecule has 0 unspecified atom stereocenters. The van der Waals surface area contributed by atoms with Gasteiger partial charge in [-0.25, -0.2) is 0 Å². The SMILES string of the molecule is COc1ccc(CCNc2nc(NCCOCCOCCNC(=O)c3ccccc3)nc(NCc3ccc4c(c3)OCO4)n2)cc1. The second kappa shape index (κ2) is 17.4. The summed E-state index contributed by atoms with van der Waals surface area (Å²) in [5, 5.41) is 12.6. The third-order valence-corrected chi connectivity index (χ3v) is 6.85. The number of hydrogen-bond acceptors (Lipinski definition) is 12. The zero-order valence-electron chi connectivity index (χ0n) is 25.8. The summed E-state index contributed by atoms with van der Waals surface area (Å²) in [5.74, 6) is 3.46. The standard InChI is InChI=1S/C33H39N7O6/c1-42-27-10-7-24(8-11-27)13-14-35-31-38-32(40-33(39-31)37-22-25-9-12-28-29(21-25)46-23-45-28)36-16-18-44-20-19-43-17-15-34-30(41)26-5-3-2-4-6-26/h2-12,21H,13-20,22-23H2,1H3,(H,34,41)(H3,35,36,37,38,39,40). The Bertz CT molecular complexity index is 1530. The van der Waals surface area contributed by atoms with Crippen LogP contribution >= 0.6 is 0 Å². The highest BCUT2D eigenvalue weighted by atomic mass is 16.7. The lowest BCUT2D eigenvalue weighted by Gasteiger charge is -2.12. The monoisotopic (exact) mass is 629 g/mol. The first-order valence-electron chi connectivity index (χ1n) is 15.1. The molecule has 3 aromatic carbocycles. The lowest BCUT2D eigenvalue weighted by molar-refractivity contribution is 0.0519. The summed E-state index contributed by atoms with van der Waals surface area (Å²) in [6.45, 7) is 3.95. The number of anilines is 3. The van der Waals surface area contributed by atoms with E-state index in [1.807, 2.05) is 60.7 Å². The lowest BCUT2D eigenvalue weighted by Crippen LogP contribution is -2.27. The summed E-state index contributed by atoms with van der Waals surface area (Å²) in [6.07, 6.45) is 0.785. The number of carbonyl (C=O) groups excluding carboxylic acids is 1. The maximum absolute atomic E-state index is 12.0. The van der Waals surface area contributed by atoms with Crippen molar-refractivity contribution in [3.05, 3.63) is 89.5 Å². The second-order valence-electron chi connectivity index (χ2n) is 10.1. The van der Waals surface area contributed by atoms with Gasteiger partial charge in [0.25, 0.3) is 5.91 Å². The minimum atomic E-state index is -0.119. The second-order valence-corrected chi connectivity index (χ2v) is 10.1. The van der Waals surface area contributed by atoms with Gasteiger partial charge < -0.3 is 45.0 Å². The number of nitrogens with one attached hydrogen (secondary N) is 4. The van der Waals surface area contributed by atoms with Crippen LogP contribution in [0.1, 0.15) is 21.5 Å². The maximum atomic E-state index is 12.0. The molecule has 5 rings (SSSR count). The van der Waals surface area contributed by atoms with Gasteiger partial charge in [-0.2, -0.15) is 15.0 Å². The number of ether oxygens (including phenoxy) is 5. The van der Waals surface area contributed by atoms with Crippen molar-refractivity contribution in [2.75, 3.05) is 75.9 Å². The number of nitrogens with zero attached hydrogens (tertiary/aromatic N) is 3. The van der Waals surface area contributed by atoms with Gasteiger partial charge in [-0.1, -0.05) is 36.4 Å². The Morgan fingerprint density at radius 1 is 0.717 bits per heavy atom. The molecule has 0 atom stereocenters. The number of hydrogen-bond donors (Lipinski definition) is 4. The molecule has 46 heavy (non-hydrogen) atoms. The van der Waals surface area contributed by atoms with E-state index in [2.05, 4.69) is 36.2 Å². The van der Waals surface area contributed by atoms with E-state index >= 15 is 0 Å². The van der Waals surface area contributed by atoms with Crippen LogP contribution in [0.5, 0.6) is 17.2 Å². The van der Waals surface area contributed by atoms with Crippen LogP contribution in [-0.2, 0) is 22.4 Å². The third kappa shape index (κ3) is 10.2. The summed E-state index contributed by atoms with van der Waals surface area (Å²) >= 11 is 0. The van der Waals surface area contributed by atoms with Gasteiger partial charge in [0.2, 0.25) is 24.6 Å². The molecular weight excluding hydrogens is 590 g/mol. The van der Waals surface area contributed by atoms with Crippen molar-refractivity contribution in [2.24, 2.45) is 0 Å². The lowest BCUT2D eigenvalue weighted by atomic mass is 10.1. The average molecular weight is 630 g/mol. The first-order valence-corrected chi connectivity index (χ1v) is 15.1. The van der Waals surface area contributed by atoms with Crippen LogP contribution in [0.4, 0.5) is 17.8 Å². The Morgan fingerprint density at radius 3 is 2.11 bits per heavy atom. The molecule has 0 radical (unpaired) electrons. The predicted molar refractivity (Wildman–Crippen MR) is 174 cm³/mol. The minimum absolute atomic E-state index is 0.119. The molecule has 0 aliphatic carbocycles. The molecule has 1 aliphatic rings. The predicted octanol–water partition coefficient (Wildman–Crippen LogP) is 3.75. The number of fused-ring (bicyclic) bond motifs is 1. The minimum Gasteiger partial charge on any atom is -0.497 e. The number of benzene rings is 3. The van der Waals surface area contributed by atoms with Crippen molar-refractivity contribution in [3.8, 4) is 17.2 Å². The number of amides is 1. The van der Waals surface area contributed by atoms with Crippen molar-refractivity contribution in [2.45, 2.75) is 13.0 Å². The van der Waals surface area contributed by atoms with Crippen LogP contribution in [0.15, 0.2) is 72.8 Å². The highest BCUT2D eigenvalue weighted by Crippen LogP contribution is 2.32. The van der Waals surface area contributed by atoms with E-state index < -0.39 is 0 Å². The summed E-state index contributed by atoms with van der Waals surface area (Å²) in [5.41, 5.74) is 2.79. The molecule has 13 heteroatoms. The van der Waals surface area contributed by atoms with Gasteiger partial charge in [0.05, 0.1) is 33.5 Å². The van der Waals surface area contributed by atoms with Crippen LogP contribution in [0.2, 0.25) is 0 Å². The van der Waals surface area contributed by atoms with Crippen molar-refractivity contribution >= 4 is 23.8 Å². The Kier molecular flexibility index (Phi) is 12.2. The fraction of sp³-hybridized carbons (Fsp3) is 0.333. The molecule has 0 fully saturated rings. The Labute approximate surface area is 268 Å². The largest absolute Gasteiger partial charge is 0.497 e. The van der Waals surface area contributed by atoms with E-state index in [-0.39, 0.29) is 12.7 Å². The van der Waals surface area contributed by atoms with Crippen molar-refractivity contribution in [1.29, 1.82) is 0 Å². The summed E-state index contributed by atoms with van der Waals surface area (Å²) < 4.78 is 27.4. The van der Waals surface area contributed by atoms with Crippen LogP contribution in [0.25, 0.3) is 0 Å². The molecule has 242 valence electrons. The number of carbonyl (C=O) groups is 1. The Balaban J connectivity index is 1.05. The molecule has 4 aromatic rings. The Hall–Kier alpha value is -5.14. The van der Waals surface area contributed by atoms with Crippen molar-refractivity contribution in [1.82, 2.24) is 20.3 Å². The van der Waals surface area contributed by atoms with Gasteiger partial charge in [-0.3, -0.25) is 4.79 Å². The molecule has 1 aliphatic heterocycles. The molecular formula is C33H39N7O6. The zero-order valence-corrected chi connectivity index (χ0v) is 25.8. The Morgan fingerprint density at radius 2 is 1.37 bits per heavy atom. The smallest absolute Gasteiger partial charge is 0.251 e. The van der Waals surface area contributed by atoms with Gasteiger partial charge in [-0.15, -0.1) is 0 Å². The number of aromatic nitrogens is 3. The highest BCUT2D eigenvalue weighted by Gasteiger charge is 2.14. The first kappa shape index (κ1) is 32.3. The average Bonchev–Trinajstić information content (AvgIpc) is 3.57. The molecule has 1 amide bonds. The van der Waals surface area contributed by atoms with E-state index in [0.29, 0.717) is 76.0 Å².